The van der Waals surface area contributed by atoms with Crippen LogP contribution in [0.25, 0.3) is 0 Å². The molecule has 1 aliphatic rings. The predicted octanol–water partition coefficient (Wildman–Crippen LogP) is 1.07. The van der Waals surface area contributed by atoms with Gasteiger partial charge < -0.3 is 16.0 Å². The monoisotopic (exact) mass is 364 g/mol. The number of benzene rings is 1. The standard InChI is InChI=1S/C19H29FN4O2/c1-3-14(2)17(21)19(26)24-12-10-23(11-13-24)9-8-22-18(25)15-6-4-5-7-16(15)20/h4-7,14,17H,3,8-13,21H2,1-2H3,(H,22,25). The highest BCUT2D eigenvalue weighted by atomic mass is 19.1. The fourth-order valence-electron chi connectivity index (χ4n) is 2.97. The van der Waals surface area contributed by atoms with E-state index < -0.39 is 17.8 Å². The minimum absolute atomic E-state index is 0.0202. The predicted molar refractivity (Wildman–Crippen MR) is 99.2 cm³/mol. The summed E-state index contributed by atoms with van der Waals surface area (Å²) >= 11 is 0. The van der Waals surface area contributed by atoms with E-state index in [2.05, 4.69) is 10.2 Å². The Morgan fingerprint density at radius 2 is 1.88 bits per heavy atom. The van der Waals surface area contributed by atoms with Crippen molar-refractivity contribution in [2.45, 2.75) is 26.3 Å². The first-order valence-corrected chi connectivity index (χ1v) is 9.23. The molecule has 1 fully saturated rings. The van der Waals surface area contributed by atoms with E-state index in [1.54, 1.807) is 12.1 Å². The first-order valence-electron chi connectivity index (χ1n) is 9.23. The third-order valence-corrected chi connectivity index (χ3v) is 5.06. The molecule has 1 aromatic rings. The first kappa shape index (κ1) is 20.3. The molecule has 2 rings (SSSR count). The summed E-state index contributed by atoms with van der Waals surface area (Å²) in [4.78, 5) is 28.4. The molecule has 2 unspecified atom stereocenters. The van der Waals surface area contributed by atoms with Gasteiger partial charge in [-0.3, -0.25) is 14.5 Å². The van der Waals surface area contributed by atoms with Gasteiger partial charge in [0.2, 0.25) is 5.91 Å². The number of nitrogens with one attached hydrogen (secondary N) is 1. The molecule has 1 saturated heterocycles. The van der Waals surface area contributed by atoms with Gasteiger partial charge in [-0.2, -0.15) is 0 Å². The summed E-state index contributed by atoms with van der Waals surface area (Å²) in [5.41, 5.74) is 6.09. The number of hydrogen-bond donors (Lipinski definition) is 2. The van der Waals surface area contributed by atoms with Gasteiger partial charge in [0.05, 0.1) is 11.6 Å². The molecule has 3 N–H and O–H groups in total. The van der Waals surface area contributed by atoms with Crippen molar-refractivity contribution in [3.63, 3.8) is 0 Å². The zero-order valence-corrected chi connectivity index (χ0v) is 15.6. The van der Waals surface area contributed by atoms with Crippen molar-refractivity contribution >= 4 is 11.8 Å². The summed E-state index contributed by atoms with van der Waals surface area (Å²) in [7, 11) is 0. The highest BCUT2D eigenvalue weighted by Gasteiger charge is 2.27. The van der Waals surface area contributed by atoms with Gasteiger partial charge in [-0.05, 0) is 18.1 Å². The van der Waals surface area contributed by atoms with Crippen molar-refractivity contribution in [3.8, 4) is 0 Å². The van der Waals surface area contributed by atoms with E-state index in [-0.39, 0.29) is 17.4 Å². The Bertz CT molecular complexity index is 617. The van der Waals surface area contributed by atoms with Crippen LogP contribution in [0.3, 0.4) is 0 Å². The molecule has 26 heavy (non-hydrogen) atoms. The van der Waals surface area contributed by atoms with Crippen molar-refractivity contribution in [1.82, 2.24) is 15.1 Å². The van der Waals surface area contributed by atoms with Gasteiger partial charge in [-0.1, -0.05) is 32.4 Å². The molecular weight excluding hydrogens is 335 g/mol. The summed E-state index contributed by atoms with van der Waals surface area (Å²) in [6.45, 7) is 7.91. The summed E-state index contributed by atoms with van der Waals surface area (Å²) in [5, 5.41) is 2.74. The summed E-state index contributed by atoms with van der Waals surface area (Å²) < 4.78 is 13.6. The van der Waals surface area contributed by atoms with Crippen LogP contribution < -0.4 is 11.1 Å². The smallest absolute Gasteiger partial charge is 0.254 e. The molecule has 1 aliphatic heterocycles. The number of amides is 2. The van der Waals surface area contributed by atoms with Crippen molar-refractivity contribution in [1.29, 1.82) is 0 Å². The van der Waals surface area contributed by atoms with Crippen molar-refractivity contribution in [2.24, 2.45) is 11.7 Å². The van der Waals surface area contributed by atoms with Gasteiger partial charge in [-0.25, -0.2) is 4.39 Å². The van der Waals surface area contributed by atoms with Gasteiger partial charge in [0.15, 0.2) is 0 Å². The van der Waals surface area contributed by atoms with E-state index in [0.717, 1.165) is 19.5 Å². The summed E-state index contributed by atoms with van der Waals surface area (Å²) in [6.07, 6.45) is 0.884. The van der Waals surface area contributed by atoms with Gasteiger partial charge >= 0.3 is 0 Å². The molecule has 0 saturated carbocycles. The highest BCUT2D eigenvalue weighted by molar-refractivity contribution is 5.94. The Labute approximate surface area is 154 Å². The molecule has 0 spiro atoms. The van der Waals surface area contributed by atoms with Gasteiger partial charge in [0.1, 0.15) is 5.82 Å². The molecule has 0 bridgehead atoms. The second kappa shape index (κ2) is 9.64. The summed E-state index contributed by atoms with van der Waals surface area (Å²) in [6, 6.07) is 5.50. The van der Waals surface area contributed by atoms with E-state index in [4.69, 9.17) is 5.73 Å². The largest absolute Gasteiger partial charge is 0.351 e. The maximum Gasteiger partial charge on any atom is 0.254 e. The zero-order chi connectivity index (χ0) is 19.1. The Hall–Kier alpha value is -1.99. The number of hydrogen-bond acceptors (Lipinski definition) is 4. The normalized spacial score (nSPS) is 17.6. The molecule has 1 aromatic carbocycles. The second-order valence-corrected chi connectivity index (χ2v) is 6.81. The lowest BCUT2D eigenvalue weighted by Gasteiger charge is -2.36. The van der Waals surface area contributed by atoms with Crippen LogP contribution in [0.15, 0.2) is 24.3 Å². The number of nitrogens with two attached hydrogens (primary N) is 1. The number of rotatable bonds is 7. The van der Waals surface area contributed by atoms with Crippen molar-refractivity contribution in [2.75, 3.05) is 39.3 Å². The van der Waals surface area contributed by atoms with Crippen LogP contribution in [-0.2, 0) is 4.79 Å². The zero-order valence-electron chi connectivity index (χ0n) is 15.6. The molecule has 6 nitrogen and oxygen atoms in total. The molecule has 7 heteroatoms. The number of carbonyl (C=O) groups excluding carboxylic acids is 2. The lowest BCUT2D eigenvalue weighted by atomic mass is 9.98. The average Bonchev–Trinajstić information content (AvgIpc) is 2.67. The molecule has 0 aliphatic carbocycles. The summed E-state index contributed by atoms with van der Waals surface area (Å²) in [5.74, 6) is -0.729. The highest BCUT2D eigenvalue weighted by Crippen LogP contribution is 2.11. The molecule has 0 radical (unpaired) electrons. The fraction of sp³-hybridized carbons (Fsp3) is 0.579. The fourth-order valence-corrected chi connectivity index (χ4v) is 2.97. The molecule has 1 heterocycles. The van der Waals surface area contributed by atoms with Crippen LogP contribution in [-0.4, -0.2) is 66.9 Å². The van der Waals surface area contributed by atoms with E-state index >= 15 is 0 Å². The number of nitrogens with zero attached hydrogens (tertiary/aromatic N) is 2. The van der Waals surface area contributed by atoms with E-state index in [1.807, 2.05) is 18.7 Å². The van der Waals surface area contributed by atoms with Crippen molar-refractivity contribution < 1.29 is 14.0 Å². The molecule has 0 aromatic heterocycles. The lowest BCUT2D eigenvalue weighted by molar-refractivity contribution is -0.135. The number of halogens is 1. The average molecular weight is 364 g/mol. The van der Waals surface area contributed by atoms with E-state index in [9.17, 15) is 14.0 Å². The van der Waals surface area contributed by atoms with Crippen LogP contribution in [0.1, 0.15) is 30.6 Å². The first-order chi connectivity index (χ1) is 12.4. The third kappa shape index (κ3) is 5.25. The minimum Gasteiger partial charge on any atom is -0.351 e. The van der Waals surface area contributed by atoms with Crippen LogP contribution in [0.4, 0.5) is 4.39 Å². The topological polar surface area (TPSA) is 78.7 Å². The van der Waals surface area contributed by atoms with Gasteiger partial charge in [0, 0.05) is 39.3 Å². The van der Waals surface area contributed by atoms with Crippen molar-refractivity contribution in [3.05, 3.63) is 35.6 Å². The van der Waals surface area contributed by atoms with Crippen LogP contribution in [0.5, 0.6) is 0 Å². The Morgan fingerprint density at radius 1 is 1.23 bits per heavy atom. The Balaban J connectivity index is 1.71. The third-order valence-electron chi connectivity index (χ3n) is 5.06. The Kier molecular flexibility index (Phi) is 7.53. The maximum absolute atomic E-state index is 13.6. The van der Waals surface area contributed by atoms with E-state index in [0.29, 0.717) is 26.2 Å². The molecular formula is C19H29FN4O2. The van der Waals surface area contributed by atoms with E-state index in [1.165, 1.54) is 12.1 Å². The molecule has 2 atom stereocenters. The molecule has 144 valence electrons. The molecule has 2 amide bonds. The van der Waals surface area contributed by atoms with Crippen LogP contribution >= 0.6 is 0 Å². The number of carbonyl (C=O) groups is 2. The SMILES string of the molecule is CCC(C)C(N)C(=O)N1CCN(CCNC(=O)c2ccccc2F)CC1. The minimum atomic E-state index is -0.519. The second-order valence-electron chi connectivity index (χ2n) is 6.81. The maximum atomic E-state index is 13.6. The van der Waals surface area contributed by atoms with Gasteiger partial charge in [0.25, 0.3) is 5.91 Å². The Morgan fingerprint density at radius 3 is 2.50 bits per heavy atom. The quantitative estimate of drug-likeness (QED) is 0.759. The number of piperazine rings is 1. The lowest BCUT2D eigenvalue weighted by Crippen LogP contribution is -2.55. The van der Waals surface area contributed by atoms with Crippen LogP contribution in [0.2, 0.25) is 0 Å². The van der Waals surface area contributed by atoms with Gasteiger partial charge in [-0.15, -0.1) is 0 Å². The van der Waals surface area contributed by atoms with Crippen LogP contribution in [0, 0.1) is 11.7 Å².